The molecule has 4 nitrogen and oxygen atoms in total. The summed E-state index contributed by atoms with van der Waals surface area (Å²) in [7, 11) is 0. The number of hydrogen-bond donors (Lipinski definition) is 2. The minimum atomic E-state index is 0. The van der Waals surface area contributed by atoms with E-state index in [1.54, 1.807) is 11.3 Å². The van der Waals surface area contributed by atoms with Crippen LogP contribution in [0, 0.1) is 5.92 Å². The number of thiophene rings is 1. The lowest BCUT2D eigenvalue weighted by molar-refractivity contribution is 0.566. The largest absolute Gasteiger partial charge is 0.371 e. The monoisotopic (exact) mass is 470 g/mol. The molecule has 3 rings (SSSR count). The van der Waals surface area contributed by atoms with Crippen LogP contribution < -0.4 is 15.5 Å². The molecule has 1 aliphatic heterocycles. The molecule has 1 unspecified atom stereocenters. The van der Waals surface area contributed by atoms with Crippen molar-refractivity contribution in [1.29, 1.82) is 0 Å². The van der Waals surface area contributed by atoms with Crippen LogP contribution in [0.1, 0.15) is 18.9 Å². The van der Waals surface area contributed by atoms with Gasteiger partial charge in [0, 0.05) is 31.9 Å². The number of benzene rings is 1. The summed E-state index contributed by atoms with van der Waals surface area (Å²) in [6.45, 7) is 6.95. The van der Waals surface area contributed by atoms with Gasteiger partial charge in [0.15, 0.2) is 5.96 Å². The molecule has 0 bridgehead atoms. The minimum Gasteiger partial charge on any atom is -0.371 e. The minimum absolute atomic E-state index is 0. The molecule has 136 valence electrons. The Morgan fingerprint density at radius 2 is 2.08 bits per heavy atom. The first-order valence-corrected chi connectivity index (χ1v) is 9.62. The van der Waals surface area contributed by atoms with E-state index < -0.39 is 0 Å². The van der Waals surface area contributed by atoms with Crippen LogP contribution in [-0.2, 0) is 6.54 Å². The summed E-state index contributed by atoms with van der Waals surface area (Å²) in [6, 6.07) is 12.8. The summed E-state index contributed by atoms with van der Waals surface area (Å²) in [5.74, 6) is 1.58. The summed E-state index contributed by atoms with van der Waals surface area (Å²) in [5, 5.41) is 11.1. The molecule has 1 atom stereocenters. The van der Waals surface area contributed by atoms with Gasteiger partial charge in [0.25, 0.3) is 0 Å². The third-order valence-electron chi connectivity index (χ3n) is 4.31. The van der Waals surface area contributed by atoms with Gasteiger partial charge in [0.05, 0.1) is 6.54 Å². The fourth-order valence-electron chi connectivity index (χ4n) is 3.01. The summed E-state index contributed by atoms with van der Waals surface area (Å²) in [6.07, 6.45) is 1.23. The number of anilines is 1. The third kappa shape index (κ3) is 6.18. The van der Waals surface area contributed by atoms with Gasteiger partial charge >= 0.3 is 0 Å². The highest BCUT2D eigenvalue weighted by molar-refractivity contribution is 14.0. The normalized spacial score (nSPS) is 17.2. The molecule has 1 fully saturated rings. The van der Waals surface area contributed by atoms with Crippen molar-refractivity contribution in [1.82, 2.24) is 10.6 Å². The topological polar surface area (TPSA) is 39.7 Å². The van der Waals surface area contributed by atoms with Crippen molar-refractivity contribution in [2.24, 2.45) is 10.9 Å². The zero-order valence-electron chi connectivity index (χ0n) is 14.6. The first-order chi connectivity index (χ1) is 11.8. The number of halogens is 1. The smallest absolute Gasteiger partial charge is 0.191 e. The Morgan fingerprint density at radius 3 is 2.80 bits per heavy atom. The van der Waals surface area contributed by atoms with Gasteiger partial charge in [-0.1, -0.05) is 18.2 Å². The zero-order valence-corrected chi connectivity index (χ0v) is 17.8. The average molecular weight is 470 g/mol. The van der Waals surface area contributed by atoms with Crippen LogP contribution in [0.15, 0.2) is 52.2 Å². The molecule has 1 aromatic carbocycles. The Balaban J connectivity index is 0.00000225. The van der Waals surface area contributed by atoms with Crippen molar-refractivity contribution in [3.63, 3.8) is 0 Å². The fourth-order valence-corrected chi connectivity index (χ4v) is 3.67. The van der Waals surface area contributed by atoms with Gasteiger partial charge < -0.3 is 15.5 Å². The number of aliphatic imine (C=N–C) groups is 1. The van der Waals surface area contributed by atoms with Gasteiger partial charge in [-0.05, 0) is 53.8 Å². The molecule has 2 heterocycles. The average Bonchev–Trinajstić information content (AvgIpc) is 3.30. The molecule has 0 amide bonds. The van der Waals surface area contributed by atoms with Gasteiger partial charge in [-0.25, -0.2) is 4.99 Å². The zero-order chi connectivity index (χ0) is 16.6. The van der Waals surface area contributed by atoms with Crippen molar-refractivity contribution < 1.29 is 0 Å². The van der Waals surface area contributed by atoms with Gasteiger partial charge in [0.1, 0.15) is 0 Å². The van der Waals surface area contributed by atoms with Crippen LogP contribution >= 0.6 is 35.3 Å². The number of nitrogens with one attached hydrogen (secondary N) is 2. The molecule has 1 aromatic heterocycles. The number of nitrogens with zero attached hydrogens (tertiary/aromatic N) is 2. The Labute approximate surface area is 171 Å². The Hall–Kier alpha value is -1.28. The van der Waals surface area contributed by atoms with Gasteiger partial charge in [-0.2, -0.15) is 11.3 Å². The highest BCUT2D eigenvalue weighted by Gasteiger charge is 2.22. The maximum Gasteiger partial charge on any atom is 0.191 e. The predicted octanol–water partition coefficient (Wildman–Crippen LogP) is 3.95. The molecule has 6 heteroatoms. The third-order valence-corrected chi connectivity index (χ3v) is 5.04. The molecular formula is C19H27IN4S. The molecule has 1 aliphatic rings. The van der Waals surface area contributed by atoms with E-state index in [-0.39, 0.29) is 24.0 Å². The lowest BCUT2D eigenvalue weighted by atomic mass is 10.1. The molecule has 0 spiro atoms. The summed E-state index contributed by atoms with van der Waals surface area (Å²) in [5.41, 5.74) is 2.60. The Morgan fingerprint density at radius 1 is 1.24 bits per heavy atom. The van der Waals surface area contributed by atoms with E-state index in [4.69, 9.17) is 0 Å². The number of para-hydroxylation sites is 1. The molecule has 25 heavy (non-hydrogen) atoms. The highest BCUT2D eigenvalue weighted by atomic mass is 127. The first-order valence-electron chi connectivity index (χ1n) is 8.68. The van der Waals surface area contributed by atoms with Gasteiger partial charge in [-0.15, -0.1) is 24.0 Å². The molecule has 0 radical (unpaired) electrons. The molecule has 0 aliphatic carbocycles. The fraction of sp³-hybridized carbons (Fsp3) is 0.421. The summed E-state index contributed by atoms with van der Waals surface area (Å²) in [4.78, 5) is 7.16. The SMILES string of the molecule is CCNC(=NCc1ccsc1)NCC1CCN(c2ccccc2)C1.I. The second-order valence-electron chi connectivity index (χ2n) is 6.14. The summed E-state index contributed by atoms with van der Waals surface area (Å²) < 4.78 is 0. The molecule has 2 N–H and O–H groups in total. The molecule has 1 saturated heterocycles. The van der Waals surface area contributed by atoms with E-state index in [0.29, 0.717) is 5.92 Å². The maximum absolute atomic E-state index is 4.68. The van der Waals surface area contributed by atoms with Crippen LogP contribution in [0.3, 0.4) is 0 Å². The van der Waals surface area contributed by atoms with Crippen molar-refractivity contribution in [2.45, 2.75) is 19.9 Å². The van der Waals surface area contributed by atoms with E-state index in [1.165, 1.54) is 17.7 Å². The van der Waals surface area contributed by atoms with Crippen molar-refractivity contribution in [2.75, 3.05) is 31.1 Å². The van der Waals surface area contributed by atoms with E-state index in [0.717, 1.165) is 38.7 Å². The van der Waals surface area contributed by atoms with E-state index >= 15 is 0 Å². The van der Waals surface area contributed by atoms with Crippen LogP contribution in [0.25, 0.3) is 0 Å². The second kappa shape index (κ2) is 10.7. The van der Waals surface area contributed by atoms with E-state index in [1.807, 2.05) is 0 Å². The summed E-state index contributed by atoms with van der Waals surface area (Å²) >= 11 is 1.72. The number of rotatable bonds is 6. The predicted molar refractivity (Wildman–Crippen MR) is 119 cm³/mol. The van der Waals surface area contributed by atoms with Crippen LogP contribution in [0.5, 0.6) is 0 Å². The van der Waals surface area contributed by atoms with Crippen molar-refractivity contribution >= 4 is 47.0 Å². The lowest BCUT2D eigenvalue weighted by Crippen LogP contribution is -2.40. The molecule has 2 aromatic rings. The quantitative estimate of drug-likeness (QED) is 0.382. The molecular weight excluding hydrogens is 443 g/mol. The molecule has 0 saturated carbocycles. The van der Waals surface area contributed by atoms with Crippen LogP contribution in [0.4, 0.5) is 5.69 Å². The highest BCUT2D eigenvalue weighted by Crippen LogP contribution is 2.22. The number of hydrogen-bond acceptors (Lipinski definition) is 3. The van der Waals surface area contributed by atoms with Gasteiger partial charge in [0.2, 0.25) is 0 Å². The van der Waals surface area contributed by atoms with E-state index in [9.17, 15) is 0 Å². The van der Waals surface area contributed by atoms with Crippen molar-refractivity contribution in [3.8, 4) is 0 Å². The standard InChI is InChI=1S/C19H26N4S.HI/c1-2-20-19(22-13-17-9-11-24-15-17)21-12-16-8-10-23(14-16)18-6-4-3-5-7-18;/h3-7,9,11,15-16H,2,8,10,12-14H2,1H3,(H2,20,21,22);1H. The second-order valence-corrected chi connectivity index (χ2v) is 6.92. The van der Waals surface area contributed by atoms with Gasteiger partial charge in [-0.3, -0.25) is 0 Å². The first kappa shape index (κ1) is 20.0. The van der Waals surface area contributed by atoms with E-state index in [2.05, 4.69) is 74.6 Å². The van der Waals surface area contributed by atoms with Crippen molar-refractivity contribution in [3.05, 3.63) is 52.7 Å². The number of guanidine groups is 1. The van der Waals surface area contributed by atoms with Crippen LogP contribution in [-0.4, -0.2) is 32.1 Å². The maximum atomic E-state index is 4.68. The Kier molecular flexibility index (Phi) is 8.54. The lowest BCUT2D eigenvalue weighted by Gasteiger charge is -2.19. The van der Waals surface area contributed by atoms with Crippen LogP contribution in [0.2, 0.25) is 0 Å². The Bertz CT molecular complexity index is 630.